The number of nitrogens with one attached hydrogen (secondary N) is 1. The number of hydrogen-bond acceptors (Lipinski definition) is 3. The molecule has 0 radical (unpaired) electrons. The third kappa shape index (κ3) is 3.59. The number of thiocarbonyl (C=S) groups is 1. The number of halogens is 2. The average molecular weight is 458 g/mol. The maximum atomic E-state index is 6.37. The van der Waals surface area contributed by atoms with E-state index in [9.17, 15) is 0 Å². The van der Waals surface area contributed by atoms with E-state index in [1.165, 1.54) is 12.8 Å². The summed E-state index contributed by atoms with van der Waals surface area (Å²) < 4.78 is 6.37. The Hall–Kier alpha value is -2.08. The number of nitrogens with zero attached hydrogens (tertiary/aromatic N) is 2. The number of benzene rings is 1. The van der Waals surface area contributed by atoms with Gasteiger partial charge in [-0.15, -0.1) is 0 Å². The fourth-order valence-electron chi connectivity index (χ4n) is 4.56. The van der Waals surface area contributed by atoms with Gasteiger partial charge in [0.1, 0.15) is 17.6 Å². The lowest BCUT2D eigenvalue weighted by atomic mass is 10.0. The van der Waals surface area contributed by atoms with Crippen molar-refractivity contribution in [1.82, 2.24) is 15.2 Å². The summed E-state index contributed by atoms with van der Waals surface area (Å²) in [5.41, 5.74) is 1.85. The maximum Gasteiger partial charge on any atom is 0.170 e. The summed E-state index contributed by atoms with van der Waals surface area (Å²) in [5, 5.41) is 5.32. The van der Waals surface area contributed by atoms with Crippen molar-refractivity contribution in [3.05, 3.63) is 76.2 Å². The van der Waals surface area contributed by atoms with Gasteiger partial charge in [0, 0.05) is 17.8 Å². The van der Waals surface area contributed by atoms with Crippen LogP contribution in [0, 0.1) is 0 Å². The van der Waals surface area contributed by atoms with Crippen molar-refractivity contribution in [2.75, 3.05) is 0 Å². The van der Waals surface area contributed by atoms with Crippen molar-refractivity contribution in [2.24, 2.45) is 0 Å². The summed E-state index contributed by atoms with van der Waals surface area (Å²) in [6.07, 6.45) is 6.58. The Kier molecular flexibility index (Phi) is 5.44. The van der Waals surface area contributed by atoms with E-state index >= 15 is 0 Å². The normalized spacial score (nSPS) is 21.9. The molecule has 1 N–H and O–H groups in total. The van der Waals surface area contributed by atoms with Crippen LogP contribution >= 0.6 is 35.4 Å². The molecule has 2 aliphatic rings. The summed E-state index contributed by atoms with van der Waals surface area (Å²) in [6, 6.07) is 15.8. The van der Waals surface area contributed by atoms with E-state index < -0.39 is 0 Å². The zero-order valence-corrected chi connectivity index (χ0v) is 18.6. The van der Waals surface area contributed by atoms with E-state index in [0.29, 0.717) is 16.1 Å². The van der Waals surface area contributed by atoms with Crippen molar-refractivity contribution >= 4 is 40.5 Å². The van der Waals surface area contributed by atoms with Gasteiger partial charge in [-0.2, -0.15) is 0 Å². The molecule has 0 spiro atoms. The van der Waals surface area contributed by atoms with Gasteiger partial charge in [-0.1, -0.05) is 42.1 Å². The number of pyridine rings is 1. The Morgan fingerprint density at radius 2 is 1.87 bits per heavy atom. The quantitative estimate of drug-likeness (QED) is 0.448. The Morgan fingerprint density at radius 3 is 2.60 bits per heavy atom. The van der Waals surface area contributed by atoms with Crippen LogP contribution in [-0.2, 0) is 0 Å². The highest BCUT2D eigenvalue weighted by molar-refractivity contribution is 7.80. The number of hydrogen-bond donors (Lipinski definition) is 1. The molecule has 5 rings (SSSR count). The second kappa shape index (κ2) is 8.22. The first-order valence-electron chi connectivity index (χ1n) is 10.2. The zero-order chi connectivity index (χ0) is 20.7. The number of aromatic nitrogens is 1. The van der Waals surface area contributed by atoms with Crippen molar-refractivity contribution in [2.45, 2.75) is 43.8 Å². The maximum absolute atomic E-state index is 6.37. The minimum Gasteiger partial charge on any atom is -0.459 e. The monoisotopic (exact) mass is 457 g/mol. The predicted molar refractivity (Wildman–Crippen MR) is 124 cm³/mol. The topological polar surface area (TPSA) is 41.3 Å². The fraction of sp³-hybridized carbons (Fsp3) is 0.304. The van der Waals surface area contributed by atoms with E-state index in [-0.39, 0.29) is 12.1 Å². The van der Waals surface area contributed by atoms with Gasteiger partial charge in [0.05, 0.1) is 21.8 Å². The van der Waals surface area contributed by atoms with Gasteiger partial charge in [-0.25, -0.2) is 0 Å². The fourth-order valence-corrected chi connectivity index (χ4v) is 5.25. The molecular weight excluding hydrogens is 437 g/mol. The van der Waals surface area contributed by atoms with Crippen molar-refractivity contribution in [3.63, 3.8) is 0 Å². The Bertz CT molecular complexity index is 1070. The Labute approximate surface area is 191 Å². The molecule has 30 heavy (non-hydrogen) atoms. The van der Waals surface area contributed by atoms with Crippen LogP contribution in [0.5, 0.6) is 0 Å². The van der Waals surface area contributed by atoms with Crippen molar-refractivity contribution in [1.29, 1.82) is 0 Å². The van der Waals surface area contributed by atoms with Crippen LogP contribution in [0.15, 0.2) is 59.1 Å². The van der Waals surface area contributed by atoms with Crippen molar-refractivity contribution < 1.29 is 4.42 Å². The van der Waals surface area contributed by atoms with Gasteiger partial charge < -0.3 is 14.6 Å². The minimum absolute atomic E-state index is 0.0491. The van der Waals surface area contributed by atoms with Crippen LogP contribution in [0.1, 0.15) is 49.2 Å². The van der Waals surface area contributed by atoms with E-state index in [1.54, 1.807) is 6.07 Å². The zero-order valence-electron chi connectivity index (χ0n) is 16.2. The lowest BCUT2D eigenvalue weighted by Gasteiger charge is -2.31. The smallest absolute Gasteiger partial charge is 0.170 e. The largest absolute Gasteiger partial charge is 0.459 e. The second-order valence-corrected chi connectivity index (χ2v) is 9.00. The van der Waals surface area contributed by atoms with Gasteiger partial charge in [0.2, 0.25) is 0 Å². The highest BCUT2D eigenvalue weighted by Crippen LogP contribution is 2.44. The molecule has 1 aliphatic heterocycles. The molecule has 154 valence electrons. The van der Waals surface area contributed by atoms with Gasteiger partial charge >= 0.3 is 0 Å². The van der Waals surface area contributed by atoms with E-state index in [2.05, 4.69) is 15.2 Å². The first-order valence-corrected chi connectivity index (χ1v) is 11.3. The molecule has 1 saturated carbocycles. The lowest BCUT2D eigenvalue weighted by molar-refractivity contribution is 0.218. The Morgan fingerprint density at radius 1 is 1.03 bits per heavy atom. The van der Waals surface area contributed by atoms with Crippen LogP contribution in [0.25, 0.3) is 11.3 Å². The van der Waals surface area contributed by atoms with Crippen LogP contribution in [-0.4, -0.2) is 21.0 Å². The molecule has 2 atom stereocenters. The van der Waals surface area contributed by atoms with Gasteiger partial charge in [0.15, 0.2) is 5.11 Å². The molecule has 3 aromatic rings. The summed E-state index contributed by atoms with van der Waals surface area (Å²) in [6.45, 7) is 0. The van der Waals surface area contributed by atoms with Gasteiger partial charge in [0.25, 0.3) is 0 Å². The highest BCUT2D eigenvalue weighted by Gasteiger charge is 2.45. The van der Waals surface area contributed by atoms with Gasteiger partial charge in [-0.3, -0.25) is 4.98 Å². The molecular formula is C23H21Cl2N3OS. The van der Waals surface area contributed by atoms with Gasteiger partial charge in [-0.05, 0) is 67.5 Å². The molecule has 3 heterocycles. The first-order chi connectivity index (χ1) is 14.6. The summed E-state index contributed by atoms with van der Waals surface area (Å²) in [5.74, 6) is 1.62. The molecule has 2 aromatic heterocycles. The molecule has 2 unspecified atom stereocenters. The van der Waals surface area contributed by atoms with Crippen LogP contribution in [0.2, 0.25) is 10.0 Å². The van der Waals surface area contributed by atoms with E-state index in [4.69, 9.17) is 39.8 Å². The molecule has 1 saturated heterocycles. The predicted octanol–water partition coefficient (Wildman–Crippen LogP) is 6.56. The minimum atomic E-state index is -0.0629. The molecule has 2 fully saturated rings. The lowest BCUT2D eigenvalue weighted by Crippen LogP contribution is -2.37. The van der Waals surface area contributed by atoms with E-state index in [1.807, 2.05) is 48.7 Å². The third-order valence-corrected chi connectivity index (χ3v) is 7.04. The molecule has 4 nitrogen and oxygen atoms in total. The van der Waals surface area contributed by atoms with Crippen LogP contribution < -0.4 is 5.32 Å². The van der Waals surface area contributed by atoms with E-state index in [0.717, 1.165) is 40.7 Å². The molecule has 0 bridgehead atoms. The second-order valence-electron chi connectivity index (χ2n) is 7.80. The average Bonchev–Trinajstić information content (AvgIpc) is 3.50. The van der Waals surface area contributed by atoms with Crippen LogP contribution in [0.3, 0.4) is 0 Å². The summed E-state index contributed by atoms with van der Waals surface area (Å²) in [7, 11) is 0. The Balaban J connectivity index is 1.54. The number of rotatable bonds is 4. The standard InChI is InChI=1S/C23H21Cl2N3OS/c24-16-9-8-14(13-17(16)25)19-10-11-20(29-19)22-21(18-7-3-4-12-26-18)27-23(30)28(22)15-5-1-2-6-15/h3-4,7-13,15,21-22H,1-2,5-6H2,(H,27,30). The SMILES string of the molecule is S=C1NC(c2ccccn2)C(c2ccc(-c3ccc(Cl)c(Cl)c3)o2)N1C1CCCC1. The van der Waals surface area contributed by atoms with Crippen molar-refractivity contribution in [3.8, 4) is 11.3 Å². The molecule has 7 heteroatoms. The van der Waals surface area contributed by atoms with Crippen LogP contribution in [0.4, 0.5) is 0 Å². The molecule has 1 aliphatic carbocycles. The molecule has 0 amide bonds. The first kappa shape index (κ1) is 19.9. The third-order valence-electron chi connectivity index (χ3n) is 5.98. The highest BCUT2D eigenvalue weighted by atomic mass is 35.5. The summed E-state index contributed by atoms with van der Waals surface area (Å²) >= 11 is 18.1. The number of furan rings is 1. The molecule has 1 aromatic carbocycles. The summed E-state index contributed by atoms with van der Waals surface area (Å²) in [4.78, 5) is 6.93.